The highest BCUT2D eigenvalue weighted by Crippen LogP contribution is 2.35. The van der Waals surface area contributed by atoms with Gasteiger partial charge in [-0.3, -0.25) is 15.0 Å². The average molecular weight is 641 g/mol. The minimum atomic E-state index is -4.77. The largest absolute Gasteiger partial charge is 0.573 e. The summed E-state index contributed by atoms with van der Waals surface area (Å²) in [5.41, 5.74) is 3.61. The molecule has 1 atom stereocenters. The second-order valence-corrected chi connectivity index (χ2v) is 11.7. The summed E-state index contributed by atoms with van der Waals surface area (Å²) in [4.78, 5) is 37.8. The number of urea groups is 1. The summed E-state index contributed by atoms with van der Waals surface area (Å²) < 4.78 is 42.6. The van der Waals surface area contributed by atoms with Crippen LogP contribution in [0.2, 0.25) is 0 Å². The molecule has 3 amide bonds. The first-order valence-corrected chi connectivity index (χ1v) is 15.0. The molecule has 2 aromatic heterocycles. The zero-order valence-electron chi connectivity index (χ0n) is 24.9. The number of alkyl halides is 3. The summed E-state index contributed by atoms with van der Waals surface area (Å²) in [5.74, 6) is 0.769. The predicted molar refractivity (Wildman–Crippen MR) is 166 cm³/mol. The fourth-order valence-corrected chi connectivity index (χ4v) is 5.71. The van der Waals surface area contributed by atoms with Crippen LogP contribution in [0.15, 0.2) is 67.1 Å². The van der Waals surface area contributed by atoms with Crippen LogP contribution < -0.4 is 25.2 Å². The SMILES string of the molecule is Cc1ccc(C(C)C)c(N2C(=O)CSC2NC(=O)Nc2ccc(CN(C)c3ncn(-c4ccc(OC(F)(F)F)cc4)n3)cn2)c1. The molecule has 2 N–H and O–H groups in total. The molecule has 1 aliphatic heterocycles. The number of benzene rings is 2. The summed E-state index contributed by atoms with van der Waals surface area (Å²) >= 11 is 1.35. The molecular weight excluding hydrogens is 609 g/mol. The molecule has 5 rings (SSSR count). The number of anilines is 3. The lowest BCUT2D eigenvalue weighted by Gasteiger charge is -2.28. The van der Waals surface area contributed by atoms with E-state index in [0.717, 1.165) is 22.4 Å². The van der Waals surface area contributed by atoms with Crippen LogP contribution in [0.5, 0.6) is 5.75 Å². The number of rotatable bonds is 9. The Kier molecular flexibility index (Phi) is 9.18. The van der Waals surface area contributed by atoms with Gasteiger partial charge in [-0.15, -0.1) is 30.0 Å². The zero-order valence-corrected chi connectivity index (χ0v) is 25.7. The molecule has 4 aromatic rings. The quantitative estimate of drug-likeness (QED) is 0.235. The highest BCUT2D eigenvalue weighted by Gasteiger charge is 2.36. The number of nitrogens with one attached hydrogen (secondary N) is 2. The molecule has 1 aliphatic rings. The van der Waals surface area contributed by atoms with E-state index < -0.39 is 17.9 Å². The molecule has 0 aliphatic carbocycles. The van der Waals surface area contributed by atoms with Crippen LogP contribution in [0.3, 0.4) is 0 Å². The van der Waals surface area contributed by atoms with E-state index in [9.17, 15) is 22.8 Å². The van der Waals surface area contributed by atoms with Gasteiger partial charge in [0, 0.05) is 19.8 Å². The molecule has 11 nitrogen and oxygen atoms in total. The maximum absolute atomic E-state index is 12.9. The molecule has 45 heavy (non-hydrogen) atoms. The number of amides is 3. The first-order valence-electron chi connectivity index (χ1n) is 13.9. The summed E-state index contributed by atoms with van der Waals surface area (Å²) in [7, 11) is 1.78. The van der Waals surface area contributed by atoms with Gasteiger partial charge in [-0.05, 0) is 65.9 Å². The third-order valence-electron chi connectivity index (χ3n) is 6.83. The average Bonchev–Trinajstić information content (AvgIpc) is 3.60. The maximum Gasteiger partial charge on any atom is 0.573 e. The van der Waals surface area contributed by atoms with Crippen LogP contribution in [-0.4, -0.2) is 56.3 Å². The van der Waals surface area contributed by atoms with Gasteiger partial charge in [-0.2, -0.15) is 4.98 Å². The number of carbonyl (C=O) groups is 2. The van der Waals surface area contributed by atoms with Gasteiger partial charge in [0.25, 0.3) is 0 Å². The molecule has 0 saturated carbocycles. The van der Waals surface area contributed by atoms with Gasteiger partial charge in [0.05, 0.1) is 17.1 Å². The predicted octanol–water partition coefficient (Wildman–Crippen LogP) is 5.81. The highest BCUT2D eigenvalue weighted by molar-refractivity contribution is 8.01. The Labute approximate surface area is 261 Å². The third kappa shape index (κ3) is 7.84. The lowest BCUT2D eigenvalue weighted by molar-refractivity contribution is -0.274. The third-order valence-corrected chi connectivity index (χ3v) is 7.89. The van der Waals surface area contributed by atoms with E-state index in [0.29, 0.717) is 24.0 Å². The van der Waals surface area contributed by atoms with Crippen molar-refractivity contribution in [2.24, 2.45) is 0 Å². The van der Waals surface area contributed by atoms with Crippen LogP contribution in [0, 0.1) is 6.92 Å². The standard InChI is InChI=1S/C30H31F3N8O3S/c1-18(2)23-11-5-19(3)13-24(23)41-26(42)16-45-29(41)37-28(43)36-25-12-6-20(14-34-25)15-39(4)27-35-17-40(38-27)21-7-9-22(10-8-21)44-30(31,32)33/h5-14,17-18,29H,15-16H2,1-4H3,(H2,34,36,37,43). The van der Waals surface area contributed by atoms with Gasteiger partial charge < -0.3 is 15.0 Å². The van der Waals surface area contributed by atoms with Crippen LogP contribution in [0.1, 0.15) is 36.5 Å². The van der Waals surface area contributed by atoms with E-state index >= 15 is 0 Å². The zero-order chi connectivity index (χ0) is 32.3. The van der Waals surface area contributed by atoms with Crippen molar-refractivity contribution in [2.45, 2.75) is 45.1 Å². The molecule has 15 heteroatoms. The van der Waals surface area contributed by atoms with E-state index in [2.05, 4.69) is 44.3 Å². The van der Waals surface area contributed by atoms with Crippen molar-refractivity contribution < 1.29 is 27.5 Å². The van der Waals surface area contributed by atoms with Crippen molar-refractivity contribution in [2.75, 3.05) is 27.9 Å². The van der Waals surface area contributed by atoms with Crippen molar-refractivity contribution in [3.05, 3.63) is 83.8 Å². The van der Waals surface area contributed by atoms with Crippen molar-refractivity contribution in [3.63, 3.8) is 0 Å². The van der Waals surface area contributed by atoms with Gasteiger partial charge in [-0.1, -0.05) is 32.0 Å². The first-order chi connectivity index (χ1) is 21.4. The number of carbonyl (C=O) groups excluding carboxylic acids is 2. The van der Waals surface area contributed by atoms with Crippen molar-refractivity contribution >= 4 is 41.2 Å². The first kappa shape index (κ1) is 31.6. The summed E-state index contributed by atoms with van der Waals surface area (Å²) in [6.45, 7) is 6.49. The van der Waals surface area contributed by atoms with Crippen LogP contribution in [-0.2, 0) is 11.3 Å². The molecular formula is C30H31F3N8O3S. The van der Waals surface area contributed by atoms with Gasteiger partial charge >= 0.3 is 12.4 Å². The van der Waals surface area contributed by atoms with Gasteiger partial charge in [0.2, 0.25) is 11.9 Å². The molecule has 0 spiro atoms. The van der Waals surface area contributed by atoms with E-state index in [-0.39, 0.29) is 23.3 Å². The topological polar surface area (TPSA) is 118 Å². The fourth-order valence-electron chi connectivity index (χ4n) is 4.70. The Bertz CT molecular complexity index is 1660. The van der Waals surface area contributed by atoms with Gasteiger partial charge in [-0.25, -0.2) is 14.5 Å². The Balaban J connectivity index is 1.17. The molecule has 2 aromatic carbocycles. The lowest BCUT2D eigenvalue weighted by Crippen LogP contribution is -2.46. The Morgan fingerprint density at radius 3 is 2.56 bits per heavy atom. The summed E-state index contributed by atoms with van der Waals surface area (Å²) in [6, 6.07) is 14.3. The Morgan fingerprint density at radius 1 is 1.13 bits per heavy atom. The number of aromatic nitrogens is 4. The molecule has 0 radical (unpaired) electrons. The maximum atomic E-state index is 12.9. The molecule has 0 bridgehead atoms. The number of pyridine rings is 1. The van der Waals surface area contributed by atoms with Gasteiger partial charge in [0.1, 0.15) is 17.9 Å². The van der Waals surface area contributed by atoms with Crippen LogP contribution in [0.25, 0.3) is 5.69 Å². The molecule has 236 valence electrons. The van der Waals surface area contributed by atoms with Gasteiger partial charge in [0.15, 0.2) is 5.50 Å². The molecule has 1 unspecified atom stereocenters. The molecule has 1 fully saturated rings. The number of hydrogen-bond acceptors (Lipinski definition) is 8. The minimum absolute atomic E-state index is 0.0721. The van der Waals surface area contributed by atoms with Crippen molar-refractivity contribution in [3.8, 4) is 11.4 Å². The number of ether oxygens (including phenoxy) is 1. The minimum Gasteiger partial charge on any atom is -0.406 e. The monoisotopic (exact) mass is 640 g/mol. The molecule has 3 heterocycles. The van der Waals surface area contributed by atoms with Crippen molar-refractivity contribution in [1.29, 1.82) is 0 Å². The summed E-state index contributed by atoms with van der Waals surface area (Å²) in [5, 5.41) is 10.0. The van der Waals surface area contributed by atoms with Crippen LogP contribution >= 0.6 is 11.8 Å². The highest BCUT2D eigenvalue weighted by atomic mass is 32.2. The number of hydrogen-bond donors (Lipinski definition) is 2. The smallest absolute Gasteiger partial charge is 0.406 e. The molecule has 1 saturated heterocycles. The van der Waals surface area contributed by atoms with E-state index in [4.69, 9.17) is 0 Å². The van der Waals surface area contributed by atoms with E-state index in [1.807, 2.05) is 25.1 Å². The summed E-state index contributed by atoms with van der Waals surface area (Å²) in [6.07, 6.45) is -1.70. The second kappa shape index (κ2) is 13.1. The Morgan fingerprint density at radius 2 is 1.89 bits per heavy atom. The van der Waals surface area contributed by atoms with E-state index in [1.165, 1.54) is 47.0 Å². The second-order valence-electron chi connectivity index (χ2n) is 10.7. The normalized spacial score (nSPS) is 15.0. The van der Waals surface area contributed by atoms with E-state index in [1.54, 1.807) is 35.2 Å². The van der Waals surface area contributed by atoms with Crippen LogP contribution in [0.4, 0.5) is 35.4 Å². The number of thioether (sulfide) groups is 1. The van der Waals surface area contributed by atoms with Crippen molar-refractivity contribution in [1.82, 2.24) is 25.1 Å². The number of aryl methyl sites for hydroxylation is 1. The lowest BCUT2D eigenvalue weighted by atomic mass is 9.98. The fraction of sp³-hybridized carbons (Fsp3) is 0.300. The number of halogens is 3. The number of nitrogens with zero attached hydrogens (tertiary/aromatic N) is 6. The Hall–Kier alpha value is -4.79.